The van der Waals surface area contributed by atoms with Crippen LogP contribution in [0.2, 0.25) is 19.6 Å². The van der Waals surface area contributed by atoms with Crippen LogP contribution in [-0.2, 0) is 11.3 Å². The zero-order valence-corrected chi connectivity index (χ0v) is 14.1. The third kappa shape index (κ3) is 5.62. The van der Waals surface area contributed by atoms with Gasteiger partial charge in [-0.3, -0.25) is 4.68 Å². The number of ether oxygens (including phenoxy) is 1. The van der Waals surface area contributed by atoms with E-state index < -0.39 is 8.07 Å². The number of nitrogens with zero attached hydrogens (tertiary/aromatic N) is 2. The van der Waals surface area contributed by atoms with Gasteiger partial charge in [0.25, 0.3) is 0 Å². The van der Waals surface area contributed by atoms with Crippen LogP contribution in [0.1, 0.15) is 35.9 Å². The molecule has 0 N–H and O–H groups in total. The number of hydrogen-bond acceptors (Lipinski definition) is 3. The Labute approximate surface area is 122 Å². The number of carbonyl (C=O) groups excluding carboxylic acids is 1. The molecule has 1 heterocycles. The molecule has 0 aliphatic carbocycles. The average molecular weight is 292 g/mol. The van der Waals surface area contributed by atoms with Crippen molar-refractivity contribution in [2.75, 3.05) is 6.61 Å². The molecule has 0 aliphatic rings. The number of rotatable bonds is 5. The first-order valence-corrected chi connectivity index (χ1v) is 10.5. The lowest BCUT2D eigenvalue weighted by Gasteiger charge is -2.06. The van der Waals surface area contributed by atoms with Crippen LogP contribution in [-0.4, -0.2) is 30.4 Å². The molecular weight excluding hydrogens is 268 g/mol. The minimum absolute atomic E-state index is 0.304. The Kier molecular flexibility index (Phi) is 6.02. The molecular formula is C15H24N2O2Si. The Bertz CT molecular complexity index is 518. The first kappa shape index (κ1) is 16.5. The van der Waals surface area contributed by atoms with Crippen LogP contribution in [0.3, 0.4) is 0 Å². The summed E-state index contributed by atoms with van der Waals surface area (Å²) in [4.78, 5) is 11.8. The highest BCUT2D eigenvalue weighted by molar-refractivity contribution is 6.83. The van der Waals surface area contributed by atoms with Gasteiger partial charge in [-0.05, 0) is 26.3 Å². The summed E-state index contributed by atoms with van der Waals surface area (Å²) in [6.45, 7) is 11.5. The lowest BCUT2D eigenvalue weighted by Crippen LogP contribution is -2.16. The van der Waals surface area contributed by atoms with E-state index in [9.17, 15) is 4.79 Å². The van der Waals surface area contributed by atoms with E-state index in [2.05, 4.69) is 36.2 Å². The SMILES string of the molecule is CCOC(=O)c1cc(C)nn1CCCC#C[Si](C)(C)C. The van der Waals surface area contributed by atoms with E-state index >= 15 is 0 Å². The van der Waals surface area contributed by atoms with Gasteiger partial charge in [0.15, 0.2) is 0 Å². The minimum atomic E-state index is -1.28. The van der Waals surface area contributed by atoms with Crippen LogP contribution in [0.4, 0.5) is 0 Å². The van der Waals surface area contributed by atoms with Gasteiger partial charge in [0.1, 0.15) is 13.8 Å². The molecule has 0 fully saturated rings. The van der Waals surface area contributed by atoms with E-state index in [0.29, 0.717) is 18.8 Å². The quantitative estimate of drug-likeness (QED) is 0.363. The third-order valence-electron chi connectivity index (χ3n) is 2.52. The lowest BCUT2D eigenvalue weighted by molar-refractivity contribution is 0.0511. The standard InChI is InChI=1S/C15H24N2O2Si/c1-6-19-15(18)14-12-13(2)16-17(14)10-8-7-9-11-20(3,4)5/h12H,6-8,10H2,1-5H3. The second-order valence-corrected chi connectivity index (χ2v) is 10.5. The third-order valence-corrected chi connectivity index (χ3v) is 3.45. The van der Waals surface area contributed by atoms with Gasteiger partial charge in [0, 0.05) is 13.0 Å². The molecule has 0 amide bonds. The largest absolute Gasteiger partial charge is 0.461 e. The molecule has 110 valence electrons. The maximum absolute atomic E-state index is 11.8. The Hall–Kier alpha value is -1.54. The summed E-state index contributed by atoms with van der Waals surface area (Å²) >= 11 is 0. The number of aromatic nitrogens is 2. The number of unbranched alkanes of at least 4 members (excludes halogenated alkanes) is 1. The Morgan fingerprint density at radius 1 is 1.45 bits per heavy atom. The molecule has 0 unspecified atom stereocenters. The summed E-state index contributed by atoms with van der Waals surface area (Å²) in [5.41, 5.74) is 4.70. The molecule has 20 heavy (non-hydrogen) atoms. The molecule has 4 nitrogen and oxygen atoms in total. The normalized spacial score (nSPS) is 10.8. The van der Waals surface area contributed by atoms with Crippen LogP contribution in [0.15, 0.2) is 6.07 Å². The second-order valence-electron chi connectivity index (χ2n) is 5.77. The summed E-state index contributed by atoms with van der Waals surface area (Å²) in [6.07, 6.45) is 1.73. The summed E-state index contributed by atoms with van der Waals surface area (Å²) in [7, 11) is -1.28. The van der Waals surface area contributed by atoms with Gasteiger partial charge in [0.05, 0.1) is 12.3 Å². The molecule has 1 aromatic rings. The van der Waals surface area contributed by atoms with Crippen LogP contribution in [0, 0.1) is 18.4 Å². The molecule has 0 atom stereocenters. The van der Waals surface area contributed by atoms with Gasteiger partial charge < -0.3 is 4.74 Å². The molecule has 0 bridgehead atoms. The Morgan fingerprint density at radius 2 is 2.15 bits per heavy atom. The Balaban J connectivity index is 2.59. The summed E-state index contributed by atoms with van der Waals surface area (Å²) in [5, 5.41) is 4.34. The highest BCUT2D eigenvalue weighted by Crippen LogP contribution is 2.07. The fourth-order valence-corrected chi connectivity index (χ4v) is 2.39. The van der Waals surface area contributed by atoms with E-state index in [4.69, 9.17) is 4.74 Å². The summed E-state index contributed by atoms with van der Waals surface area (Å²) in [6, 6.07) is 1.77. The predicted octanol–water partition coefficient (Wildman–Crippen LogP) is 3.03. The first-order chi connectivity index (χ1) is 9.33. The maximum Gasteiger partial charge on any atom is 0.356 e. The molecule has 0 aromatic carbocycles. The van der Waals surface area contributed by atoms with Gasteiger partial charge in [-0.15, -0.1) is 11.5 Å². The van der Waals surface area contributed by atoms with Crippen molar-refractivity contribution in [3.8, 4) is 11.5 Å². The molecule has 5 heteroatoms. The first-order valence-electron chi connectivity index (χ1n) is 7.05. The van der Waals surface area contributed by atoms with E-state index in [-0.39, 0.29) is 5.97 Å². The van der Waals surface area contributed by atoms with E-state index in [0.717, 1.165) is 18.5 Å². The molecule has 0 aliphatic heterocycles. The number of esters is 1. The van der Waals surface area contributed by atoms with Crippen molar-refractivity contribution in [2.45, 2.75) is 52.9 Å². The predicted molar refractivity (Wildman–Crippen MR) is 83.3 cm³/mol. The van der Waals surface area contributed by atoms with Crippen molar-refractivity contribution in [2.24, 2.45) is 0 Å². The topological polar surface area (TPSA) is 44.1 Å². The van der Waals surface area contributed by atoms with Gasteiger partial charge in [-0.2, -0.15) is 5.10 Å². The monoisotopic (exact) mass is 292 g/mol. The number of aryl methyl sites for hydroxylation is 2. The highest BCUT2D eigenvalue weighted by atomic mass is 28.3. The molecule has 1 aromatic heterocycles. The van der Waals surface area contributed by atoms with Crippen molar-refractivity contribution < 1.29 is 9.53 Å². The van der Waals surface area contributed by atoms with Crippen molar-refractivity contribution in [1.82, 2.24) is 9.78 Å². The van der Waals surface area contributed by atoms with E-state index in [1.165, 1.54) is 0 Å². The van der Waals surface area contributed by atoms with E-state index in [1.54, 1.807) is 17.7 Å². The van der Waals surface area contributed by atoms with Crippen molar-refractivity contribution in [1.29, 1.82) is 0 Å². The van der Waals surface area contributed by atoms with Crippen LogP contribution in [0.5, 0.6) is 0 Å². The fourth-order valence-electron chi connectivity index (χ4n) is 1.73. The van der Waals surface area contributed by atoms with Crippen molar-refractivity contribution in [3.63, 3.8) is 0 Å². The molecule has 0 saturated carbocycles. The number of hydrogen-bond donors (Lipinski definition) is 0. The molecule has 1 rings (SSSR count). The molecule has 0 radical (unpaired) electrons. The zero-order valence-electron chi connectivity index (χ0n) is 13.1. The fraction of sp³-hybridized carbons (Fsp3) is 0.600. The minimum Gasteiger partial charge on any atom is -0.461 e. The smallest absolute Gasteiger partial charge is 0.356 e. The average Bonchev–Trinajstić information content (AvgIpc) is 2.69. The second kappa shape index (κ2) is 7.30. The summed E-state index contributed by atoms with van der Waals surface area (Å²) in [5.74, 6) is 2.93. The molecule has 0 spiro atoms. The summed E-state index contributed by atoms with van der Waals surface area (Å²) < 4.78 is 6.76. The highest BCUT2D eigenvalue weighted by Gasteiger charge is 2.14. The van der Waals surface area contributed by atoms with Crippen LogP contribution >= 0.6 is 0 Å². The molecule has 0 saturated heterocycles. The zero-order chi connectivity index (χ0) is 15.2. The van der Waals surface area contributed by atoms with Crippen molar-refractivity contribution >= 4 is 14.0 Å². The van der Waals surface area contributed by atoms with Gasteiger partial charge in [-0.1, -0.05) is 19.6 Å². The van der Waals surface area contributed by atoms with Crippen LogP contribution in [0.25, 0.3) is 0 Å². The number of carbonyl (C=O) groups is 1. The van der Waals surface area contributed by atoms with Gasteiger partial charge in [-0.25, -0.2) is 4.79 Å². The van der Waals surface area contributed by atoms with Gasteiger partial charge >= 0.3 is 5.97 Å². The Morgan fingerprint density at radius 3 is 2.75 bits per heavy atom. The maximum atomic E-state index is 11.8. The lowest BCUT2D eigenvalue weighted by atomic mass is 10.3. The van der Waals surface area contributed by atoms with Crippen molar-refractivity contribution in [3.05, 3.63) is 17.5 Å². The van der Waals surface area contributed by atoms with E-state index in [1.807, 2.05) is 6.92 Å². The van der Waals surface area contributed by atoms with Gasteiger partial charge in [0.2, 0.25) is 0 Å². The van der Waals surface area contributed by atoms with Crippen LogP contribution < -0.4 is 0 Å².